The Bertz CT molecular complexity index is 284. The van der Waals surface area contributed by atoms with Crippen LogP contribution in [0.2, 0.25) is 0 Å². The minimum absolute atomic E-state index is 0.0551. The van der Waals surface area contributed by atoms with Gasteiger partial charge in [-0.15, -0.1) is 0 Å². The fourth-order valence-electron chi connectivity index (χ4n) is 1.13. The Kier molecular flexibility index (Phi) is 2.27. The van der Waals surface area contributed by atoms with Crippen molar-refractivity contribution in [3.63, 3.8) is 0 Å². The van der Waals surface area contributed by atoms with E-state index in [1.165, 1.54) is 6.92 Å². The van der Waals surface area contributed by atoms with Crippen LogP contribution in [0.25, 0.3) is 0 Å². The van der Waals surface area contributed by atoms with Crippen molar-refractivity contribution in [3.8, 4) is 0 Å². The molecule has 0 spiro atoms. The van der Waals surface area contributed by atoms with E-state index in [2.05, 4.69) is 0 Å². The van der Waals surface area contributed by atoms with Crippen molar-refractivity contribution in [1.29, 1.82) is 0 Å². The molecule has 1 fully saturated rings. The van der Waals surface area contributed by atoms with Gasteiger partial charge < -0.3 is 10.0 Å². The fourth-order valence-corrected chi connectivity index (χ4v) is 2.41. The summed E-state index contributed by atoms with van der Waals surface area (Å²) in [6.45, 7) is 1.73. The molecular weight excluding hydrogens is 182 g/mol. The lowest BCUT2D eigenvalue weighted by molar-refractivity contribution is 0.146. The summed E-state index contributed by atoms with van der Waals surface area (Å²) >= 11 is 0. The van der Waals surface area contributed by atoms with Crippen LogP contribution in [0.1, 0.15) is 6.92 Å². The number of rotatable bonds is 0. The third-order valence-corrected chi connectivity index (χ3v) is 4.13. The zero-order chi connectivity index (χ0) is 9.35. The molecule has 0 aliphatic carbocycles. The Morgan fingerprint density at radius 2 is 2.17 bits per heavy atom. The van der Waals surface area contributed by atoms with Crippen LogP contribution in [-0.2, 0) is 9.84 Å². The Morgan fingerprint density at radius 1 is 1.58 bits per heavy atom. The molecule has 5 nitrogen and oxygen atoms in total. The molecule has 0 aromatic rings. The van der Waals surface area contributed by atoms with Crippen LogP contribution in [0.3, 0.4) is 0 Å². The first-order valence-corrected chi connectivity index (χ1v) is 5.34. The third-order valence-electron chi connectivity index (χ3n) is 2.01. The molecule has 1 atom stereocenters. The van der Waals surface area contributed by atoms with Crippen molar-refractivity contribution >= 4 is 15.9 Å². The monoisotopic (exact) mass is 193 g/mol. The molecule has 1 heterocycles. The van der Waals surface area contributed by atoms with Crippen molar-refractivity contribution in [3.05, 3.63) is 0 Å². The second-order valence-corrected chi connectivity index (χ2v) is 5.44. The molecule has 6 heteroatoms. The normalized spacial score (nSPS) is 28.4. The summed E-state index contributed by atoms with van der Waals surface area (Å²) in [5, 5.41) is 7.99. The Hall–Kier alpha value is -0.780. The minimum Gasteiger partial charge on any atom is -0.465 e. The van der Waals surface area contributed by atoms with E-state index >= 15 is 0 Å². The molecule has 1 aliphatic rings. The molecule has 1 aliphatic heterocycles. The Morgan fingerprint density at radius 3 is 2.58 bits per heavy atom. The van der Waals surface area contributed by atoms with Crippen molar-refractivity contribution in [2.24, 2.45) is 0 Å². The van der Waals surface area contributed by atoms with Crippen LogP contribution in [0, 0.1) is 0 Å². The first-order chi connectivity index (χ1) is 5.43. The standard InChI is InChI=1S/C6H11NO4S/c1-5-4-7(6(8)9)2-3-12(5,10)11/h5H,2-4H2,1H3,(H,8,9). The minimum atomic E-state index is -3.03. The van der Waals surface area contributed by atoms with Gasteiger partial charge in [-0.3, -0.25) is 0 Å². The molecule has 0 aromatic carbocycles. The van der Waals surface area contributed by atoms with Gasteiger partial charge >= 0.3 is 6.09 Å². The maximum absolute atomic E-state index is 11.1. The molecule has 1 N–H and O–H groups in total. The summed E-state index contributed by atoms with van der Waals surface area (Å²) < 4.78 is 22.3. The van der Waals surface area contributed by atoms with Gasteiger partial charge in [-0.25, -0.2) is 13.2 Å². The summed E-state index contributed by atoms with van der Waals surface area (Å²) in [6, 6.07) is 0. The van der Waals surface area contributed by atoms with Gasteiger partial charge in [-0.05, 0) is 6.92 Å². The van der Waals surface area contributed by atoms with Gasteiger partial charge in [-0.1, -0.05) is 0 Å². The number of hydrogen-bond donors (Lipinski definition) is 1. The largest absolute Gasteiger partial charge is 0.465 e. The average molecular weight is 193 g/mol. The molecular formula is C6H11NO4S. The van der Waals surface area contributed by atoms with Crippen molar-refractivity contribution < 1.29 is 18.3 Å². The van der Waals surface area contributed by atoms with Gasteiger partial charge in [0.2, 0.25) is 0 Å². The van der Waals surface area contributed by atoms with Gasteiger partial charge in [0, 0.05) is 13.1 Å². The van der Waals surface area contributed by atoms with Crippen LogP contribution in [0.4, 0.5) is 4.79 Å². The highest BCUT2D eigenvalue weighted by Crippen LogP contribution is 2.11. The summed E-state index contributed by atoms with van der Waals surface area (Å²) in [7, 11) is -3.03. The zero-order valence-corrected chi connectivity index (χ0v) is 7.54. The van der Waals surface area contributed by atoms with E-state index < -0.39 is 21.2 Å². The SMILES string of the molecule is CC1CN(C(=O)O)CCS1(=O)=O. The quantitative estimate of drug-likeness (QED) is 0.577. The van der Waals surface area contributed by atoms with E-state index in [-0.39, 0.29) is 18.8 Å². The van der Waals surface area contributed by atoms with Crippen LogP contribution in [0.5, 0.6) is 0 Å². The van der Waals surface area contributed by atoms with Gasteiger partial charge in [-0.2, -0.15) is 0 Å². The van der Waals surface area contributed by atoms with E-state index in [4.69, 9.17) is 5.11 Å². The topological polar surface area (TPSA) is 74.7 Å². The second-order valence-electron chi connectivity index (χ2n) is 2.91. The number of sulfone groups is 1. The number of hydrogen-bond acceptors (Lipinski definition) is 3. The van der Waals surface area contributed by atoms with Crippen LogP contribution >= 0.6 is 0 Å². The van der Waals surface area contributed by atoms with Gasteiger partial charge in [0.05, 0.1) is 11.0 Å². The van der Waals surface area contributed by atoms with Crippen molar-refractivity contribution in [2.75, 3.05) is 18.8 Å². The van der Waals surface area contributed by atoms with E-state index in [0.29, 0.717) is 0 Å². The number of nitrogens with zero attached hydrogens (tertiary/aromatic N) is 1. The smallest absolute Gasteiger partial charge is 0.407 e. The highest BCUT2D eigenvalue weighted by Gasteiger charge is 2.31. The van der Waals surface area contributed by atoms with E-state index in [9.17, 15) is 13.2 Å². The van der Waals surface area contributed by atoms with E-state index in [1.807, 2.05) is 0 Å². The molecule has 1 amide bonds. The lowest BCUT2D eigenvalue weighted by Crippen LogP contribution is -2.47. The first kappa shape index (κ1) is 9.31. The van der Waals surface area contributed by atoms with Crippen LogP contribution in [-0.4, -0.2) is 48.6 Å². The zero-order valence-electron chi connectivity index (χ0n) is 6.73. The maximum Gasteiger partial charge on any atom is 0.407 e. The predicted octanol–water partition coefficient (Wildman–Crippen LogP) is -0.217. The number of carboxylic acid groups (broad SMARTS) is 1. The molecule has 0 bridgehead atoms. The molecule has 0 aromatic heterocycles. The second kappa shape index (κ2) is 2.93. The number of amides is 1. The summed E-state index contributed by atoms with van der Waals surface area (Å²) in [5.74, 6) is -0.0551. The van der Waals surface area contributed by atoms with Crippen molar-refractivity contribution in [2.45, 2.75) is 12.2 Å². The fraction of sp³-hybridized carbons (Fsp3) is 0.833. The lowest BCUT2D eigenvalue weighted by Gasteiger charge is -2.28. The average Bonchev–Trinajstić information content (AvgIpc) is 1.94. The highest BCUT2D eigenvalue weighted by molar-refractivity contribution is 7.92. The molecule has 0 saturated carbocycles. The Balaban J connectivity index is 2.71. The summed E-state index contributed by atoms with van der Waals surface area (Å²) in [5.41, 5.74) is 0. The molecule has 12 heavy (non-hydrogen) atoms. The van der Waals surface area contributed by atoms with Gasteiger partial charge in [0.15, 0.2) is 9.84 Å². The highest BCUT2D eigenvalue weighted by atomic mass is 32.2. The Labute approximate surface area is 70.9 Å². The lowest BCUT2D eigenvalue weighted by atomic mass is 10.4. The van der Waals surface area contributed by atoms with Gasteiger partial charge in [0.25, 0.3) is 0 Å². The molecule has 70 valence electrons. The third kappa shape index (κ3) is 1.69. The van der Waals surface area contributed by atoms with Gasteiger partial charge in [0.1, 0.15) is 0 Å². The van der Waals surface area contributed by atoms with Crippen molar-refractivity contribution in [1.82, 2.24) is 4.90 Å². The predicted molar refractivity (Wildman–Crippen MR) is 42.8 cm³/mol. The van der Waals surface area contributed by atoms with E-state index in [0.717, 1.165) is 4.90 Å². The van der Waals surface area contributed by atoms with E-state index in [1.54, 1.807) is 0 Å². The molecule has 1 unspecified atom stereocenters. The van der Waals surface area contributed by atoms with Crippen LogP contribution < -0.4 is 0 Å². The molecule has 1 saturated heterocycles. The maximum atomic E-state index is 11.1. The summed E-state index contributed by atoms with van der Waals surface area (Å²) in [4.78, 5) is 11.6. The first-order valence-electron chi connectivity index (χ1n) is 3.63. The molecule has 0 radical (unpaired) electrons. The number of carbonyl (C=O) groups is 1. The molecule has 1 rings (SSSR count). The van der Waals surface area contributed by atoms with Crippen LogP contribution in [0.15, 0.2) is 0 Å². The summed E-state index contributed by atoms with van der Waals surface area (Å²) in [6.07, 6.45) is -1.04.